The molecule has 1 saturated carbocycles. The fraction of sp³-hybridized carbons (Fsp3) is 0.333. The average Bonchev–Trinajstić information content (AvgIpc) is 2.62. The van der Waals surface area contributed by atoms with Crippen LogP contribution in [-0.4, -0.2) is 11.6 Å². The third-order valence-corrected chi connectivity index (χ3v) is 5.46. The van der Waals surface area contributed by atoms with Crippen LogP contribution in [0.15, 0.2) is 48.5 Å². The molecule has 0 heterocycles. The van der Waals surface area contributed by atoms with Crippen molar-refractivity contribution in [3.63, 3.8) is 0 Å². The SMILES string of the molecule is O=C(C[C@@H](c1ccc(Cl)cc1)[C@@H]1CCCCC1=O)c1ccc(Cl)cc1. The van der Waals surface area contributed by atoms with Gasteiger partial charge in [-0.25, -0.2) is 0 Å². The van der Waals surface area contributed by atoms with Gasteiger partial charge in [0, 0.05) is 40.3 Å². The molecule has 3 rings (SSSR count). The highest BCUT2D eigenvalue weighted by Crippen LogP contribution is 2.37. The Morgan fingerprint density at radius 1 is 0.960 bits per heavy atom. The summed E-state index contributed by atoms with van der Waals surface area (Å²) in [4.78, 5) is 25.3. The summed E-state index contributed by atoms with van der Waals surface area (Å²) in [5, 5.41) is 1.26. The summed E-state index contributed by atoms with van der Waals surface area (Å²) in [6.45, 7) is 0. The van der Waals surface area contributed by atoms with Crippen molar-refractivity contribution in [3.05, 3.63) is 69.7 Å². The molecule has 25 heavy (non-hydrogen) atoms. The van der Waals surface area contributed by atoms with E-state index in [4.69, 9.17) is 23.2 Å². The lowest BCUT2D eigenvalue weighted by molar-refractivity contribution is -0.125. The van der Waals surface area contributed by atoms with Crippen molar-refractivity contribution in [1.82, 2.24) is 0 Å². The zero-order valence-corrected chi connectivity index (χ0v) is 15.4. The summed E-state index contributed by atoms with van der Waals surface area (Å²) < 4.78 is 0. The number of halogens is 2. The van der Waals surface area contributed by atoms with Gasteiger partial charge in [0.2, 0.25) is 0 Å². The minimum Gasteiger partial charge on any atom is -0.299 e. The molecule has 2 aromatic rings. The highest BCUT2D eigenvalue weighted by molar-refractivity contribution is 6.30. The van der Waals surface area contributed by atoms with Crippen LogP contribution in [0.2, 0.25) is 10.0 Å². The first-order valence-corrected chi connectivity index (χ1v) is 9.37. The molecule has 0 saturated heterocycles. The molecule has 130 valence electrons. The number of benzene rings is 2. The van der Waals surface area contributed by atoms with Gasteiger partial charge in [0.05, 0.1) is 0 Å². The van der Waals surface area contributed by atoms with Crippen LogP contribution < -0.4 is 0 Å². The van der Waals surface area contributed by atoms with Gasteiger partial charge in [0.15, 0.2) is 5.78 Å². The minimum absolute atomic E-state index is 0.0370. The molecule has 0 bridgehead atoms. The van der Waals surface area contributed by atoms with E-state index < -0.39 is 0 Å². The molecule has 1 aliphatic carbocycles. The van der Waals surface area contributed by atoms with Crippen molar-refractivity contribution in [1.29, 1.82) is 0 Å². The lowest BCUT2D eigenvalue weighted by atomic mass is 9.73. The predicted octanol–water partition coefficient (Wildman–Crippen LogP) is 6.11. The van der Waals surface area contributed by atoms with Crippen LogP contribution in [0.4, 0.5) is 0 Å². The Balaban J connectivity index is 1.87. The molecule has 1 aliphatic rings. The summed E-state index contributed by atoms with van der Waals surface area (Å²) in [7, 11) is 0. The van der Waals surface area contributed by atoms with Crippen molar-refractivity contribution in [3.8, 4) is 0 Å². The second-order valence-electron chi connectivity index (χ2n) is 6.61. The summed E-state index contributed by atoms with van der Waals surface area (Å²) in [6, 6.07) is 14.4. The Morgan fingerprint density at radius 3 is 2.16 bits per heavy atom. The normalized spacial score (nSPS) is 18.8. The van der Waals surface area contributed by atoms with E-state index in [9.17, 15) is 9.59 Å². The van der Waals surface area contributed by atoms with Crippen LogP contribution in [0.1, 0.15) is 53.9 Å². The fourth-order valence-electron chi connectivity index (χ4n) is 3.59. The molecule has 0 aromatic heterocycles. The third-order valence-electron chi connectivity index (χ3n) is 4.96. The van der Waals surface area contributed by atoms with Gasteiger partial charge in [0.1, 0.15) is 5.78 Å². The second kappa shape index (κ2) is 8.16. The van der Waals surface area contributed by atoms with Gasteiger partial charge in [-0.1, -0.05) is 41.8 Å². The average molecular weight is 375 g/mol. The van der Waals surface area contributed by atoms with E-state index in [0.29, 0.717) is 28.5 Å². The third kappa shape index (κ3) is 4.50. The number of hydrogen-bond donors (Lipinski definition) is 0. The number of rotatable bonds is 5. The first-order chi connectivity index (χ1) is 12.0. The zero-order valence-electron chi connectivity index (χ0n) is 13.9. The van der Waals surface area contributed by atoms with Gasteiger partial charge in [-0.05, 0) is 54.8 Å². The van der Waals surface area contributed by atoms with Gasteiger partial charge >= 0.3 is 0 Å². The maximum absolute atomic E-state index is 12.8. The van der Waals surface area contributed by atoms with E-state index in [0.717, 1.165) is 24.8 Å². The number of carbonyl (C=O) groups is 2. The Bertz CT molecular complexity index is 750. The van der Waals surface area contributed by atoms with Gasteiger partial charge < -0.3 is 0 Å². The molecule has 2 nitrogen and oxygen atoms in total. The lowest BCUT2D eigenvalue weighted by Crippen LogP contribution is -2.27. The molecule has 0 spiro atoms. The van der Waals surface area contributed by atoms with Gasteiger partial charge in [-0.2, -0.15) is 0 Å². The van der Waals surface area contributed by atoms with Crippen LogP contribution in [0.3, 0.4) is 0 Å². The van der Waals surface area contributed by atoms with Crippen molar-refractivity contribution >= 4 is 34.8 Å². The monoisotopic (exact) mass is 374 g/mol. The van der Waals surface area contributed by atoms with E-state index in [-0.39, 0.29) is 23.4 Å². The van der Waals surface area contributed by atoms with Gasteiger partial charge in [0.25, 0.3) is 0 Å². The van der Waals surface area contributed by atoms with E-state index in [1.807, 2.05) is 24.3 Å². The molecule has 0 unspecified atom stereocenters. The fourth-order valence-corrected chi connectivity index (χ4v) is 3.84. The molecular weight excluding hydrogens is 355 g/mol. The largest absolute Gasteiger partial charge is 0.299 e. The molecule has 0 N–H and O–H groups in total. The Hall–Kier alpha value is -1.64. The van der Waals surface area contributed by atoms with E-state index in [1.165, 1.54) is 0 Å². The molecule has 2 atom stereocenters. The summed E-state index contributed by atoms with van der Waals surface area (Å²) in [5.74, 6) is 0.115. The van der Waals surface area contributed by atoms with Crippen LogP contribution in [0.5, 0.6) is 0 Å². The number of ketones is 2. The van der Waals surface area contributed by atoms with E-state index in [1.54, 1.807) is 24.3 Å². The summed E-state index contributed by atoms with van der Waals surface area (Å²) in [6.07, 6.45) is 3.77. The highest BCUT2D eigenvalue weighted by Gasteiger charge is 2.32. The van der Waals surface area contributed by atoms with Crippen LogP contribution >= 0.6 is 23.2 Å². The summed E-state index contributed by atoms with van der Waals surface area (Å²) >= 11 is 11.9. The van der Waals surface area contributed by atoms with Crippen LogP contribution in [-0.2, 0) is 4.79 Å². The Kier molecular flexibility index (Phi) is 5.93. The first kappa shape index (κ1) is 18.2. The lowest BCUT2D eigenvalue weighted by Gasteiger charge is -2.29. The van der Waals surface area contributed by atoms with Crippen molar-refractivity contribution < 1.29 is 9.59 Å². The van der Waals surface area contributed by atoms with Crippen LogP contribution in [0, 0.1) is 5.92 Å². The Labute approximate surface area is 158 Å². The van der Waals surface area contributed by atoms with Crippen molar-refractivity contribution in [2.45, 2.75) is 38.0 Å². The molecule has 2 aromatic carbocycles. The molecule has 1 fully saturated rings. The van der Waals surface area contributed by atoms with Gasteiger partial charge in [-0.15, -0.1) is 0 Å². The molecule has 0 radical (unpaired) electrons. The highest BCUT2D eigenvalue weighted by atomic mass is 35.5. The van der Waals surface area contributed by atoms with Gasteiger partial charge in [-0.3, -0.25) is 9.59 Å². The zero-order chi connectivity index (χ0) is 17.8. The molecule has 4 heteroatoms. The maximum Gasteiger partial charge on any atom is 0.163 e. The summed E-state index contributed by atoms with van der Waals surface area (Å²) in [5.41, 5.74) is 1.64. The maximum atomic E-state index is 12.8. The quantitative estimate of drug-likeness (QED) is 0.591. The van der Waals surface area contributed by atoms with E-state index in [2.05, 4.69) is 0 Å². The Morgan fingerprint density at radius 2 is 1.56 bits per heavy atom. The topological polar surface area (TPSA) is 34.1 Å². The predicted molar refractivity (Wildman–Crippen MR) is 102 cm³/mol. The van der Waals surface area contributed by atoms with Crippen molar-refractivity contribution in [2.75, 3.05) is 0 Å². The smallest absolute Gasteiger partial charge is 0.163 e. The molecule has 0 aliphatic heterocycles. The number of Topliss-reactive ketones (excluding diaryl/α,β-unsaturated/α-hetero) is 2. The van der Waals surface area contributed by atoms with E-state index >= 15 is 0 Å². The second-order valence-corrected chi connectivity index (χ2v) is 7.48. The molecular formula is C21H20Cl2O2. The first-order valence-electron chi connectivity index (χ1n) is 8.61. The van der Waals surface area contributed by atoms with Crippen molar-refractivity contribution in [2.24, 2.45) is 5.92 Å². The minimum atomic E-state index is -0.103. The number of carbonyl (C=O) groups excluding carboxylic acids is 2. The number of hydrogen-bond acceptors (Lipinski definition) is 2. The van der Waals surface area contributed by atoms with Crippen LogP contribution in [0.25, 0.3) is 0 Å². The molecule has 0 amide bonds. The standard InChI is InChI=1S/C21H20Cl2O2/c22-16-9-5-14(6-10-16)19(18-3-1-2-4-20(18)24)13-21(25)15-7-11-17(23)12-8-15/h5-12,18-19H,1-4,13H2/t18-,19-/m0/s1.